The van der Waals surface area contributed by atoms with Crippen molar-refractivity contribution in [3.63, 3.8) is 0 Å². The number of carboxylic acids is 1. The smallest absolute Gasteiger partial charge is 0.306 e. The molecule has 112 valence electrons. The zero-order valence-electron chi connectivity index (χ0n) is 12.4. The second-order valence-electron chi connectivity index (χ2n) is 5.61. The van der Waals surface area contributed by atoms with Gasteiger partial charge in [0.15, 0.2) is 0 Å². The third-order valence-corrected chi connectivity index (χ3v) is 3.45. The number of amides is 1. The second kappa shape index (κ2) is 7.82. The van der Waals surface area contributed by atoms with Crippen molar-refractivity contribution in [2.24, 2.45) is 16.8 Å². The van der Waals surface area contributed by atoms with E-state index < -0.39 is 5.97 Å². The minimum atomic E-state index is -0.728. The molecule has 0 atom stereocenters. The minimum absolute atomic E-state index is 0.0684. The van der Waals surface area contributed by atoms with Crippen LogP contribution in [0.25, 0.3) is 0 Å². The zero-order chi connectivity index (χ0) is 15.1. The van der Waals surface area contributed by atoms with E-state index in [2.05, 4.69) is 10.3 Å². The van der Waals surface area contributed by atoms with Gasteiger partial charge in [0.1, 0.15) is 0 Å². The number of aliphatic imine (C=N–C) groups is 1. The average molecular weight is 280 g/mol. The first-order valence-electron chi connectivity index (χ1n) is 7.11. The van der Waals surface area contributed by atoms with Gasteiger partial charge in [0.2, 0.25) is 0 Å². The van der Waals surface area contributed by atoms with Crippen molar-refractivity contribution in [1.29, 1.82) is 0 Å². The van der Waals surface area contributed by atoms with Crippen molar-refractivity contribution in [2.45, 2.75) is 45.6 Å². The van der Waals surface area contributed by atoms with Crippen molar-refractivity contribution in [1.82, 2.24) is 5.32 Å². The van der Waals surface area contributed by atoms with E-state index >= 15 is 0 Å². The maximum atomic E-state index is 12.2. The molecule has 0 radical (unpaired) electrons. The van der Waals surface area contributed by atoms with E-state index in [4.69, 9.17) is 5.11 Å². The lowest BCUT2D eigenvalue weighted by Crippen LogP contribution is -2.39. The molecule has 0 saturated heterocycles. The van der Waals surface area contributed by atoms with E-state index in [1.807, 2.05) is 19.9 Å². The summed E-state index contributed by atoms with van der Waals surface area (Å²) in [7, 11) is 1.64. The van der Waals surface area contributed by atoms with E-state index in [1.165, 1.54) is 0 Å². The van der Waals surface area contributed by atoms with Gasteiger partial charge in [0.25, 0.3) is 5.91 Å². The first-order chi connectivity index (χ1) is 9.43. The molecule has 5 heteroatoms. The summed E-state index contributed by atoms with van der Waals surface area (Å²) in [6, 6.07) is 0.0684. The lowest BCUT2D eigenvalue weighted by Gasteiger charge is -2.27. The summed E-state index contributed by atoms with van der Waals surface area (Å²) < 4.78 is 0. The first-order valence-corrected chi connectivity index (χ1v) is 7.11. The summed E-state index contributed by atoms with van der Waals surface area (Å²) in [6.45, 7) is 4.02. The van der Waals surface area contributed by atoms with Gasteiger partial charge in [0, 0.05) is 19.3 Å². The number of carbonyl (C=O) groups excluding carboxylic acids is 1. The van der Waals surface area contributed by atoms with Crippen LogP contribution in [0.3, 0.4) is 0 Å². The molecule has 0 spiro atoms. The molecule has 1 aliphatic rings. The van der Waals surface area contributed by atoms with Crippen LogP contribution in [-0.4, -0.2) is 36.3 Å². The summed E-state index contributed by atoms with van der Waals surface area (Å²) in [5, 5.41) is 11.9. The van der Waals surface area contributed by atoms with Crippen molar-refractivity contribution in [3.05, 3.63) is 11.6 Å². The SMILES string of the molecule is CN=CC(=CC(C)C)C(=O)NC1CCC(C(=O)O)CC1. The number of aliphatic carboxylic acids is 1. The van der Waals surface area contributed by atoms with Crippen LogP contribution in [0.2, 0.25) is 0 Å². The highest BCUT2D eigenvalue weighted by Gasteiger charge is 2.27. The number of carbonyl (C=O) groups is 2. The maximum absolute atomic E-state index is 12.2. The van der Waals surface area contributed by atoms with Gasteiger partial charge >= 0.3 is 5.97 Å². The summed E-state index contributed by atoms with van der Waals surface area (Å²) in [6.07, 6.45) is 6.15. The summed E-state index contributed by atoms with van der Waals surface area (Å²) in [4.78, 5) is 27.0. The van der Waals surface area contributed by atoms with E-state index in [0.29, 0.717) is 18.4 Å². The molecule has 1 rings (SSSR count). The molecule has 2 N–H and O–H groups in total. The van der Waals surface area contributed by atoms with Gasteiger partial charge in [-0.15, -0.1) is 0 Å². The Hall–Kier alpha value is -1.65. The van der Waals surface area contributed by atoms with Gasteiger partial charge < -0.3 is 10.4 Å². The normalized spacial score (nSPS) is 24.1. The molecule has 1 amide bonds. The fraction of sp³-hybridized carbons (Fsp3) is 0.667. The van der Waals surface area contributed by atoms with Gasteiger partial charge in [-0.3, -0.25) is 14.6 Å². The monoisotopic (exact) mass is 280 g/mol. The molecule has 0 aromatic rings. The molecule has 0 aromatic carbocycles. The first kappa shape index (κ1) is 16.4. The highest BCUT2D eigenvalue weighted by Crippen LogP contribution is 2.24. The van der Waals surface area contributed by atoms with E-state index in [0.717, 1.165) is 12.8 Å². The number of hydrogen-bond donors (Lipinski definition) is 2. The van der Waals surface area contributed by atoms with E-state index in [9.17, 15) is 9.59 Å². The Morgan fingerprint density at radius 3 is 2.30 bits per heavy atom. The number of allylic oxidation sites excluding steroid dienone is 1. The van der Waals surface area contributed by atoms with Crippen molar-refractivity contribution < 1.29 is 14.7 Å². The zero-order valence-corrected chi connectivity index (χ0v) is 12.4. The Bertz CT molecular complexity index is 405. The second-order valence-corrected chi connectivity index (χ2v) is 5.61. The Kier molecular flexibility index (Phi) is 6.42. The minimum Gasteiger partial charge on any atom is -0.481 e. The van der Waals surface area contributed by atoms with E-state index in [1.54, 1.807) is 13.3 Å². The Balaban J connectivity index is 2.56. The number of carboxylic acid groups (broad SMARTS) is 1. The molecule has 20 heavy (non-hydrogen) atoms. The summed E-state index contributed by atoms with van der Waals surface area (Å²) in [5.74, 6) is -0.834. The highest BCUT2D eigenvalue weighted by atomic mass is 16.4. The number of hydrogen-bond acceptors (Lipinski definition) is 3. The Labute approximate surface area is 120 Å². The third kappa shape index (κ3) is 5.15. The van der Waals surface area contributed by atoms with Crippen LogP contribution in [0, 0.1) is 11.8 Å². The Morgan fingerprint density at radius 2 is 1.85 bits per heavy atom. The molecule has 0 unspecified atom stereocenters. The summed E-state index contributed by atoms with van der Waals surface area (Å²) in [5.41, 5.74) is 0.572. The van der Waals surface area contributed by atoms with Gasteiger partial charge in [0.05, 0.1) is 11.5 Å². The fourth-order valence-electron chi connectivity index (χ4n) is 2.43. The number of rotatable bonds is 5. The number of nitrogens with one attached hydrogen (secondary N) is 1. The van der Waals surface area contributed by atoms with Gasteiger partial charge in [-0.1, -0.05) is 19.9 Å². The number of nitrogens with zero attached hydrogens (tertiary/aromatic N) is 1. The van der Waals surface area contributed by atoms with E-state index in [-0.39, 0.29) is 23.8 Å². The molecule has 5 nitrogen and oxygen atoms in total. The van der Waals surface area contributed by atoms with Crippen LogP contribution in [-0.2, 0) is 9.59 Å². The van der Waals surface area contributed by atoms with Gasteiger partial charge in [-0.2, -0.15) is 0 Å². The predicted octanol–water partition coefficient (Wildman–Crippen LogP) is 2.03. The highest BCUT2D eigenvalue weighted by molar-refractivity contribution is 6.12. The maximum Gasteiger partial charge on any atom is 0.306 e. The topological polar surface area (TPSA) is 78.8 Å². The average Bonchev–Trinajstić information content (AvgIpc) is 2.38. The molecule has 1 aliphatic carbocycles. The van der Waals surface area contributed by atoms with Crippen LogP contribution in [0.5, 0.6) is 0 Å². The molecule has 0 aliphatic heterocycles. The van der Waals surface area contributed by atoms with Crippen LogP contribution in [0.4, 0.5) is 0 Å². The van der Waals surface area contributed by atoms with Crippen molar-refractivity contribution in [3.8, 4) is 0 Å². The lowest BCUT2D eigenvalue weighted by atomic mass is 9.86. The van der Waals surface area contributed by atoms with Gasteiger partial charge in [-0.05, 0) is 31.6 Å². The molecule has 0 bridgehead atoms. The molecule has 0 aromatic heterocycles. The van der Waals surface area contributed by atoms with Crippen LogP contribution in [0.1, 0.15) is 39.5 Å². The molecular formula is C15H24N2O3. The largest absolute Gasteiger partial charge is 0.481 e. The predicted molar refractivity (Wildman–Crippen MR) is 78.9 cm³/mol. The van der Waals surface area contributed by atoms with Gasteiger partial charge in [-0.25, -0.2) is 0 Å². The van der Waals surface area contributed by atoms with Crippen LogP contribution >= 0.6 is 0 Å². The lowest BCUT2D eigenvalue weighted by molar-refractivity contribution is -0.142. The molecular weight excluding hydrogens is 256 g/mol. The van der Waals surface area contributed by atoms with Crippen molar-refractivity contribution in [2.75, 3.05) is 7.05 Å². The Morgan fingerprint density at radius 1 is 1.25 bits per heavy atom. The molecule has 1 fully saturated rings. The third-order valence-electron chi connectivity index (χ3n) is 3.45. The standard InChI is InChI=1S/C15H24N2O3/c1-10(2)8-12(9-16-3)14(18)17-13-6-4-11(5-7-13)15(19)20/h8-11,13H,4-7H2,1-3H3,(H,17,18)(H,19,20). The van der Waals surface area contributed by atoms with Crippen molar-refractivity contribution >= 4 is 18.1 Å². The fourth-order valence-corrected chi connectivity index (χ4v) is 2.43. The van der Waals surface area contributed by atoms with Crippen LogP contribution < -0.4 is 5.32 Å². The quantitative estimate of drug-likeness (QED) is 0.597. The molecule has 1 saturated carbocycles. The van der Waals surface area contributed by atoms with Crippen LogP contribution in [0.15, 0.2) is 16.6 Å². The summed E-state index contributed by atoms with van der Waals surface area (Å²) >= 11 is 0. The molecule has 0 heterocycles.